The Hall–Kier alpha value is -2.70. The number of hydrogen-bond donors (Lipinski definition) is 0. The van der Waals surface area contributed by atoms with Crippen LogP contribution in [0.3, 0.4) is 0 Å². The van der Waals surface area contributed by atoms with Gasteiger partial charge >= 0.3 is 5.97 Å². The van der Waals surface area contributed by atoms with E-state index in [1.807, 2.05) is 0 Å². The highest BCUT2D eigenvalue weighted by atomic mass is 16.5. The predicted octanol–water partition coefficient (Wildman–Crippen LogP) is 0.976. The van der Waals surface area contributed by atoms with Crippen LogP contribution in [-0.2, 0) is 22.5 Å². The average Bonchev–Trinajstić information content (AvgIpc) is 3.02. The van der Waals surface area contributed by atoms with Gasteiger partial charge in [-0.2, -0.15) is 0 Å². The number of amides is 1. The molecule has 2 heterocycles. The van der Waals surface area contributed by atoms with Crippen LogP contribution in [0.5, 0.6) is 0 Å². The molecule has 2 aromatic rings. The Morgan fingerprint density at radius 3 is 2.79 bits per heavy atom. The third-order valence-electron chi connectivity index (χ3n) is 4.12. The SMILES string of the molecule is C[C@@H](OC(=O)c1ccc2c(=O)n3c(nc2c1)CCC3)C(=O)N(C)C. The molecule has 0 spiro atoms. The van der Waals surface area contributed by atoms with Gasteiger partial charge in [0.1, 0.15) is 5.82 Å². The molecule has 1 aromatic heterocycles. The van der Waals surface area contributed by atoms with Crippen LogP contribution in [0.25, 0.3) is 10.9 Å². The molecule has 3 rings (SSSR count). The number of benzene rings is 1. The van der Waals surface area contributed by atoms with Crippen molar-refractivity contribution in [2.24, 2.45) is 0 Å². The van der Waals surface area contributed by atoms with Gasteiger partial charge in [-0.3, -0.25) is 14.2 Å². The summed E-state index contributed by atoms with van der Waals surface area (Å²) in [6.45, 7) is 2.21. The summed E-state index contributed by atoms with van der Waals surface area (Å²) in [5.41, 5.74) is 0.675. The first kappa shape index (κ1) is 16.2. The number of rotatable bonds is 3. The van der Waals surface area contributed by atoms with Gasteiger partial charge in [-0.1, -0.05) is 0 Å². The van der Waals surface area contributed by atoms with Crippen LogP contribution in [0, 0.1) is 0 Å². The Morgan fingerprint density at radius 1 is 1.33 bits per heavy atom. The molecule has 1 amide bonds. The molecule has 0 saturated heterocycles. The van der Waals surface area contributed by atoms with E-state index in [2.05, 4.69) is 4.98 Å². The van der Waals surface area contributed by atoms with Gasteiger partial charge in [0.2, 0.25) is 0 Å². The van der Waals surface area contributed by atoms with Gasteiger partial charge in [0.05, 0.1) is 16.5 Å². The fraction of sp³-hybridized carbons (Fsp3) is 0.412. The van der Waals surface area contributed by atoms with Crippen LogP contribution in [0.15, 0.2) is 23.0 Å². The summed E-state index contributed by atoms with van der Waals surface area (Å²) in [4.78, 5) is 42.3. The highest BCUT2D eigenvalue weighted by molar-refractivity contribution is 5.95. The lowest BCUT2D eigenvalue weighted by atomic mass is 10.1. The first-order valence-electron chi connectivity index (χ1n) is 7.84. The van der Waals surface area contributed by atoms with E-state index >= 15 is 0 Å². The first-order chi connectivity index (χ1) is 11.4. The molecule has 1 aliphatic heterocycles. The average molecular weight is 329 g/mol. The Balaban J connectivity index is 1.91. The minimum Gasteiger partial charge on any atom is -0.449 e. The van der Waals surface area contributed by atoms with E-state index in [0.717, 1.165) is 18.7 Å². The Labute approximate surface area is 138 Å². The number of ether oxygens (including phenoxy) is 1. The number of carbonyl (C=O) groups is 2. The largest absolute Gasteiger partial charge is 0.449 e. The lowest BCUT2D eigenvalue weighted by Crippen LogP contribution is -2.34. The Bertz CT molecular complexity index is 885. The number of esters is 1. The number of fused-ring (bicyclic) bond motifs is 2. The number of likely N-dealkylation sites (N-methyl/N-ethyl adjacent to an activating group) is 1. The molecule has 1 atom stereocenters. The highest BCUT2D eigenvalue weighted by Gasteiger charge is 2.21. The van der Waals surface area contributed by atoms with Crippen molar-refractivity contribution in [3.05, 3.63) is 39.9 Å². The summed E-state index contributed by atoms with van der Waals surface area (Å²) < 4.78 is 6.87. The summed E-state index contributed by atoms with van der Waals surface area (Å²) in [5, 5.41) is 0.481. The van der Waals surface area contributed by atoms with Gasteiger partial charge in [0.25, 0.3) is 11.5 Å². The maximum Gasteiger partial charge on any atom is 0.338 e. The lowest BCUT2D eigenvalue weighted by Gasteiger charge is -2.17. The highest BCUT2D eigenvalue weighted by Crippen LogP contribution is 2.17. The molecule has 7 heteroatoms. The molecule has 0 unspecified atom stereocenters. The smallest absolute Gasteiger partial charge is 0.338 e. The molecular formula is C17H19N3O4. The van der Waals surface area contributed by atoms with Crippen molar-refractivity contribution in [1.29, 1.82) is 0 Å². The third-order valence-corrected chi connectivity index (χ3v) is 4.12. The fourth-order valence-corrected chi connectivity index (χ4v) is 2.85. The van der Waals surface area contributed by atoms with E-state index in [9.17, 15) is 14.4 Å². The Morgan fingerprint density at radius 2 is 2.08 bits per heavy atom. The maximum atomic E-state index is 12.4. The molecule has 1 aliphatic rings. The van der Waals surface area contributed by atoms with Gasteiger partial charge in [-0.15, -0.1) is 0 Å². The van der Waals surface area contributed by atoms with Crippen LogP contribution < -0.4 is 5.56 Å². The van der Waals surface area contributed by atoms with Crippen LogP contribution in [0.4, 0.5) is 0 Å². The quantitative estimate of drug-likeness (QED) is 0.784. The van der Waals surface area contributed by atoms with Crippen LogP contribution in [0.2, 0.25) is 0 Å². The molecule has 0 fully saturated rings. The molecule has 1 aromatic carbocycles. The molecule has 0 N–H and O–H groups in total. The summed E-state index contributed by atoms with van der Waals surface area (Å²) in [6, 6.07) is 4.67. The number of carbonyl (C=O) groups excluding carboxylic acids is 2. The molecular weight excluding hydrogens is 310 g/mol. The van der Waals surface area contributed by atoms with Crippen LogP contribution >= 0.6 is 0 Å². The standard InChI is InChI=1S/C17H19N3O4/c1-10(15(21)19(2)3)24-17(23)11-6-7-12-13(9-11)18-14-5-4-8-20(14)16(12)22/h6-7,9-10H,4-5,8H2,1-3H3/t10-/m1/s1. The molecule has 0 radical (unpaired) electrons. The summed E-state index contributed by atoms with van der Waals surface area (Å²) in [7, 11) is 3.20. The van der Waals surface area contributed by atoms with Crippen molar-refractivity contribution in [2.75, 3.05) is 14.1 Å². The van der Waals surface area contributed by atoms with Gasteiger partial charge in [-0.05, 0) is 31.5 Å². The van der Waals surface area contributed by atoms with Crippen LogP contribution in [0.1, 0.15) is 29.5 Å². The Kier molecular flexibility index (Phi) is 4.09. The number of aromatic nitrogens is 2. The van der Waals surface area contributed by atoms with E-state index in [0.29, 0.717) is 17.4 Å². The molecule has 0 saturated carbocycles. The van der Waals surface area contributed by atoms with Crippen molar-refractivity contribution in [3.63, 3.8) is 0 Å². The topological polar surface area (TPSA) is 81.5 Å². The summed E-state index contributed by atoms with van der Waals surface area (Å²) in [5.74, 6) is -0.158. The monoisotopic (exact) mass is 329 g/mol. The van der Waals surface area contributed by atoms with Gasteiger partial charge in [-0.25, -0.2) is 9.78 Å². The van der Waals surface area contributed by atoms with E-state index in [4.69, 9.17) is 4.74 Å². The van der Waals surface area contributed by atoms with Crippen LogP contribution in [-0.4, -0.2) is 46.5 Å². The zero-order chi connectivity index (χ0) is 17.4. The molecule has 7 nitrogen and oxygen atoms in total. The molecule has 0 aliphatic carbocycles. The van der Waals surface area contributed by atoms with Crippen molar-refractivity contribution in [1.82, 2.24) is 14.5 Å². The van der Waals surface area contributed by atoms with Crippen molar-refractivity contribution in [2.45, 2.75) is 32.4 Å². The van der Waals surface area contributed by atoms with E-state index in [1.54, 1.807) is 30.8 Å². The molecule has 126 valence electrons. The zero-order valence-corrected chi connectivity index (χ0v) is 13.9. The van der Waals surface area contributed by atoms with Gasteiger partial charge < -0.3 is 9.64 Å². The van der Waals surface area contributed by atoms with Crippen molar-refractivity contribution < 1.29 is 14.3 Å². The second-order valence-electron chi connectivity index (χ2n) is 6.10. The number of nitrogens with zero attached hydrogens (tertiary/aromatic N) is 3. The van der Waals surface area contributed by atoms with Crippen molar-refractivity contribution in [3.8, 4) is 0 Å². The van der Waals surface area contributed by atoms with Gasteiger partial charge in [0.15, 0.2) is 6.10 Å². The summed E-state index contributed by atoms with van der Waals surface area (Å²) >= 11 is 0. The van der Waals surface area contributed by atoms with Gasteiger partial charge in [0, 0.05) is 27.1 Å². The third kappa shape index (κ3) is 2.77. The van der Waals surface area contributed by atoms with E-state index < -0.39 is 12.1 Å². The summed E-state index contributed by atoms with van der Waals surface area (Å²) in [6.07, 6.45) is 0.785. The van der Waals surface area contributed by atoms with E-state index in [-0.39, 0.29) is 17.0 Å². The fourth-order valence-electron chi connectivity index (χ4n) is 2.85. The predicted molar refractivity (Wildman–Crippen MR) is 87.9 cm³/mol. The number of hydrogen-bond acceptors (Lipinski definition) is 5. The second kappa shape index (κ2) is 6.07. The first-order valence-corrected chi connectivity index (χ1v) is 7.84. The molecule has 0 bridgehead atoms. The second-order valence-corrected chi connectivity index (χ2v) is 6.10. The molecule has 24 heavy (non-hydrogen) atoms. The van der Waals surface area contributed by atoms with Crippen molar-refractivity contribution >= 4 is 22.8 Å². The zero-order valence-electron chi connectivity index (χ0n) is 13.9. The maximum absolute atomic E-state index is 12.4. The minimum absolute atomic E-state index is 0.0800. The minimum atomic E-state index is -0.873. The lowest BCUT2D eigenvalue weighted by molar-refractivity contribution is -0.137. The number of aryl methyl sites for hydroxylation is 1. The van der Waals surface area contributed by atoms with E-state index in [1.165, 1.54) is 17.9 Å². The normalized spacial score (nSPS) is 14.3.